The second-order valence-corrected chi connectivity index (χ2v) is 5.93. The van der Waals surface area contributed by atoms with E-state index in [-0.39, 0.29) is 22.5 Å². The lowest BCUT2D eigenvalue weighted by molar-refractivity contribution is 0.102. The average molecular weight is 404 g/mol. The highest BCUT2D eigenvalue weighted by atomic mass is 35.5. The maximum Gasteiger partial charge on any atom is 0.273 e. The summed E-state index contributed by atoms with van der Waals surface area (Å²) in [6.07, 6.45) is 0. The zero-order valence-corrected chi connectivity index (χ0v) is 14.0. The van der Waals surface area contributed by atoms with Crippen molar-refractivity contribution in [2.75, 3.05) is 5.32 Å². The molecule has 0 atom stereocenters. The van der Waals surface area contributed by atoms with Gasteiger partial charge in [-0.15, -0.1) is 0 Å². The summed E-state index contributed by atoms with van der Waals surface area (Å²) in [5.74, 6) is -7.79. The van der Waals surface area contributed by atoms with E-state index in [0.717, 1.165) is 0 Å². The van der Waals surface area contributed by atoms with Crippen LogP contribution in [0.4, 0.5) is 23.2 Å². The zero-order valence-electron chi connectivity index (χ0n) is 12.5. The Bertz CT molecular complexity index is 997. The van der Waals surface area contributed by atoms with E-state index in [1.54, 1.807) is 17.4 Å². The minimum atomic E-state index is -1.72. The minimum Gasteiger partial charge on any atom is -0.316 e. The molecule has 134 valence electrons. The quantitative estimate of drug-likeness (QED) is 0.466. The number of H-pyrrole nitrogens is 1. The van der Waals surface area contributed by atoms with E-state index in [9.17, 15) is 22.4 Å². The van der Waals surface area contributed by atoms with Gasteiger partial charge < -0.3 is 5.32 Å². The molecule has 4 nitrogen and oxygen atoms in total. The Labute approximate surface area is 153 Å². The lowest BCUT2D eigenvalue weighted by Crippen LogP contribution is -2.16. The standard InChI is InChI=1S/C16H7Cl2F4N3O/c17-6-1-2-7(8(18)3-6)11-5-12(25-24-11)16(26)23-15-13(21)9(19)4-10(20)14(15)22/h1-5H,(H,23,26)(H,24,25). The molecule has 26 heavy (non-hydrogen) atoms. The summed E-state index contributed by atoms with van der Waals surface area (Å²) in [5, 5.41) is 8.65. The van der Waals surface area contributed by atoms with Gasteiger partial charge >= 0.3 is 0 Å². The van der Waals surface area contributed by atoms with Gasteiger partial charge in [-0.3, -0.25) is 9.89 Å². The number of rotatable bonds is 3. The maximum atomic E-state index is 13.6. The minimum absolute atomic E-state index is 0.0388. The number of aromatic amines is 1. The number of aromatic nitrogens is 2. The van der Waals surface area contributed by atoms with E-state index in [1.165, 1.54) is 12.1 Å². The first-order valence-electron chi connectivity index (χ1n) is 6.93. The Morgan fingerprint density at radius 3 is 2.27 bits per heavy atom. The highest BCUT2D eigenvalue weighted by Crippen LogP contribution is 2.30. The van der Waals surface area contributed by atoms with E-state index < -0.39 is 34.9 Å². The van der Waals surface area contributed by atoms with Gasteiger partial charge in [0.15, 0.2) is 23.3 Å². The number of hydrogen-bond donors (Lipinski definition) is 2. The molecule has 0 aliphatic heterocycles. The van der Waals surface area contributed by atoms with Crippen LogP contribution in [0.1, 0.15) is 10.5 Å². The molecule has 2 aromatic carbocycles. The van der Waals surface area contributed by atoms with Gasteiger partial charge in [-0.05, 0) is 24.3 Å². The van der Waals surface area contributed by atoms with Crippen LogP contribution in [0.5, 0.6) is 0 Å². The van der Waals surface area contributed by atoms with Crippen LogP contribution < -0.4 is 5.32 Å². The SMILES string of the molecule is O=C(Nc1c(F)c(F)cc(F)c1F)c1cc(-c2ccc(Cl)cc2Cl)n[nH]1. The third-order valence-electron chi connectivity index (χ3n) is 3.38. The molecule has 3 aromatic rings. The number of hydrogen-bond acceptors (Lipinski definition) is 2. The van der Waals surface area contributed by atoms with Gasteiger partial charge in [-0.25, -0.2) is 17.6 Å². The number of carbonyl (C=O) groups is 1. The Hall–Kier alpha value is -2.58. The van der Waals surface area contributed by atoms with Crippen molar-refractivity contribution < 1.29 is 22.4 Å². The van der Waals surface area contributed by atoms with Crippen LogP contribution >= 0.6 is 23.2 Å². The molecule has 0 aliphatic carbocycles. The number of anilines is 1. The van der Waals surface area contributed by atoms with Gasteiger partial charge in [0.25, 0.3) is 5.91 Å². The summed E-state index contributed by atoms with van der Waals surface area (Å²) in [5.41, 5.74) is -0.758. The summed E-state index contributed by atoms with van der Waals surface area (Å²) in [6.45, 7) is 0. The van der Waals surface area contributed by atoms with Crippen molar-refractivity contribution in [1.82, 2.24) is 10.2 Å². The number of amides is 1. The van der Waals surface area contributed by atoms with E-state index in [1.807, 2.05) is 0 Å². The largest absolute Gasteiger partial charge is 0.316 e. The predicted molar refractivity (Wildman–Crippen MR) is 88.3 cm³/mol. The highest BCUT2D eigenvalue weighted by Gasteiger charge is 2.22. The molecule has 0 radical (unpaired) electrons. The molecular formula is C16H7Cl2F4N3O. The fraction of sp³-hybridized carbons (Fsp3) is 0. The fourth-order valence-electron chi connectivity index (χ4n) is 2.14. The maximum absolute atomic E-state index is 13.6. The van der Waals surface area contributed by atoms with Crippen molar-refractivity contribution in [2.24, 2.45) is 0 Å². The number of nitrogens with one attached hydrogen (secondary N) is 2. The highest BCUT2D eigenvalue weighted by molar-refractivity contribution is 6.36. The molecule has 0 saturated heterocycles. The lowest BCUT2D eigenvalue weighted by Gasteiger charge is -2.07. The first kappa shape index (κ1) is 18.2. The number of benzene rings is 2. The first-order valence-corrected chi connectivity index (χ1v) is 7.68. The van der Waals surface area contributed by atoms with Gasteiger partial charge in [-0.1, -0.05) is 23.2 Å². The Kier molecular flexibility index (Phi) is 4.88. The van der Waals surface area contributed by atoms with E-state index in [0.29, 0.717) is 10.6 Å². The summed E-state index contributed by atoms with van der Waals surface area (Å²) >= 11 is 11.8. The van der Waals surface area contributed by atoms with Crippen molar-refractivity contribution in [2.45, 2.75) is 0 Å². The molecule has 0 bridgehead atoms. The van der Waals surface area contributed by atoms with Gasteiger partial charge in [0.05, 0.1) is 10.7 Å². The molecule has 2 N–H and O–H groups in total. The number of nitrogens with zero attached hydrogens (tertiary/aromatic N) is 1. The topological polar surface area (TPSA) is 57.8 Å². The molecule has 0 aliphatic rings. The van der Waals surface area contributed by atoms with Gasteiger partial charge in [-0.2, -0.15) is 5.10 Å². The fourth-order valence-corrected chi connectivity index (χ4v) is 2.64. The zero-order chi connectivity index (χ0) is 19.0. The smallest absolute Gasteiger partial charge is 0.273 e. The molecule has 0 spiro atoms. The van der Waals surface area contributed by atoms with Crippen LogP contribution in [0, 0.1) is 23.3 Å². The van der Waals surface area contributed by atoms with Crippen LogP contribution in [0.2, 0.25) is 10.0 Å². The average Bonchev–Trinajstić information content (AvgIpc) is 3.06. The van der Waals surface area contributed by atoms with E-state index in [4.69, 9.17) is 23.2 Å². The molecule has 0 fully saturated rings. The second-order valence-electron chi connectivity index (χ2n) is 5.09. The van der Waals surface area contributed by atoms with Crippen molar-refractivity contribution in [3.8, 4) is 11.3 Å². The molecule has 10 heteroatoms. The van der Waals surface area contributed by atoms with Crippen LogP contribution in [0.15, 0.2) is 30.3 Å². The van der Waals surface area contributed by atoms with Crippen LogP contribution in [-0.4, -0.2) is 16.1 Å². The molecule has 1 aromatic heterocycles. The predicted octanol–water partition coefficient (Wildman–Crippen LogP) is 5.19. The summed E-state index contributed by atoms with van der Waals surface area (Å²) in [4.78, 5) is 12.1. The second kappa shape index (κ2) is 6.97. The van der Waals surface area contributed by atoms with Gasteiger partial charge in [0, 0.05) is 16.7 Å². The van der Waals surface area contributed by atoms with Crippen LogP contribution in [0.25, 0.3) is 11.3 Å². The summed E-state index contributed by atoms with van der Waals surface area (Å²) in [7, 11) is 0. The van der Waals surface area contributed by atoms with E-state index in [2.05, 4.69) is 10.2 Å². The normalized spacial score (nSPS) is 10.8. The lowest BCUT2D eigenvalue weighted by atomic mass is 10.1. The molecule has 0 unspecified atom stereocenters. The van der Waals surface area contributed by atoms with Gasteiger partial charge in [0.1, 0.15) is 11.4 Å². The first-order chi connectivity index (χ1) is 12.3. The third kappa shape index (κ3) is 3.38. The third-order valence-corrected chi connectivity index (χ3v) is 3.93. The molecule has 0 saturated carbocycles. The Balaban J connectivity index is 1.90. The summed E-state index contributed by atoms with van der Waals surface area (Å²) < 4.78 is 53.6. The number of halogens is 6. The van der Waals surface area contributed by atoms with Crippen molar-refractivity contribution in [3.05, 3.63) is 69.3 Å². The molecule has 1 heterocycles. The Morgan fingerprint density at radius 2 is 1.65 bits per heavy atom. The van der Waals surface area contributed by atoms with E-state index >= 15 is 0 Å². The monoisotopic (exact) mass is 403 g/mol. The van der Waals surface area contributed by atoms with Crippen LogP contribution in [-0.2, 0) is 0 Å². The van der Waals surface area contributed by atoms with Crippen molar-refractivity contribution in [1.29, 1.82) is 0 Å². The van der Waals surface area contributed by atoms with Crippen molar-refractivity contribution >= 4 is 34.8 Å². The Morgan fingerprint density at radius 1 is 1.00 bits per heavy atom. The summed E-state index contributed by atoms with van der Waals surface area (Å²) in [6, 6.07) is 5.86. The van der Waals surface area contributed by atoms with Gasteiger partial charge in [0.2, 0.25) is 0 Å². The molecule has 3 rings (SSSR count). The van der Waals surface area contributed by atoms with Crippen LogP contribution in [0.3, 0.4) is 0 Å². The molecule has 1 amide bonds. The van der Waals surface area contributed by atoms with Crippen molar-refractivity contribution in [3.63, 3.8) is 0 Å². The molecular weight excluding hydrogens is 397 g/mol. The number of carbonyl (C=O) groups excluding carboxylic acids is 1.